The van der Waals surface area contributed by atoms with Gasteiger partial charge in [-0.15, -0.1) is 4.68 Å². The summed E-state index contributed by atoms with van der Waals surface area (Å²) in [7, 11) is 0. The van der Waals surface area contributed by atoms with E-state index in [-0.39, 0.29) is 11.2 Å². The molecular weight excluding hydrogens is 325 g/mol. The van der Waals surface area contributed by atoms with Gasteiger partial charge < -0.3 is 11.2 Å². The summed E-state index contributed by atoms with van der Waals surface area (Å²) >= 11 is 0. The fraction of sp³-hybridized carbons (Fsp3) is 0.0667. The topological polar surface area (TPSA) is 97.7 Å². The molecule has 6 nitrogen and oxygen atoms in total. The normalized spacial score (nSPS) is 11.1. The maximum absolute atomic E-state index is 12.6. The van der Waals surface area contributed by atoms with Gasteiger partial charge in [0, 0.05) is 0 Å². The molecule has 24 heavy (non-hydrogen) atoms. The third-order valence-electron chi connectivity index (χ3n) is 3.32. The SMILES string of the molecule is Nc1ccccc1-[n+]1cc(=O)n(-c2ccc(C(F)(F)F)cc2)[nH]1.[OH-]. The lowest BCUT2D eigenvalue weighted by atomic mass is 10.2. The first-order chi connectivity index (χ1) is 10.9. The number of halogens is 3. The van der Waals surface area contributed by atoms with Crippen molar-refractivity contribution in [3.05, 3.63) is 70.6 Å². The molecule has 0 aliphatic rings. The second-order valence-electron chi connectivity index (χ2n) is 4.88. The molecule has 0 saturated carbocycles. The quantitative estimate of drug-likeness (QED) is 0.551. The van der Waals surface area contributed by atoms with E-state index in [4.69, 9.17) is 5.73 Å². The molecular formula is C15H13F3N4O2. The first-order valence-electron chi connectivity index (χ1n) is 6.62. The zero-order valence-corrected chi connectivity index (χ0v) is 12.2. The minimum absolute atomic E-state index is 0. The highest BCUT2D eigenvalue weighted by molar-refractivity contribution is 5.51. The van der Waals surface area contributed by atoms with Crippen LogP contribution in [0.2, 0.25) is 0 Å². The molecule has 9 heteroatoms. The Morgan fingerprint density at radius 3 is 2.25 bits per heavy atom. The van der Waals surface area contributed by atoms with Crippen LogP contribution < -0.4 is 16.0 Å². The van der Waals surface area contributed by atoms with Crippen LogP contribution in [0.4, 0.5) is 18.9 Å². The third-order valence-corrected chi connectivity index (χ3v) is 3.32. The minimum Gasteiger partial charge on any atom is -0.870 e. The van der Waals surface area contributed by atoms with Gasteiger partial charge in [-0.3, -0.25) is 0 Å². The zero-order chi connectivity index (χ0) is 16.6. The Hall–Kier alpha value is -3.07. The van der Waals surface area contributed by atoms with Crippen molar-refractivity contribution in [1.29, 1.82) is 0 Å². The number of benzene rings is 2. The number of nitrogens with zero attached hydrogens (tertiary/aromatic N) is 2. The molecule has 3 rings (SSSR count). The van der Waals surface area contributed by atoms with Crippen LogP contribution in [0.25, 0.3) is 11.4 Å². The number of hydrogen-bond acceptors (Lipinski definition) is 3. The van der Waals surface area contributed by atoms with Gasteiger partial charge in [-0.05, 0) is 36.4 Å². The van der Waals surface area contributed by atoms with Crippen molar-refractivity contribution >= 4 is 5.69 Å². The maximum atomic E-state index is 12.6. The minimum atomic E-state index is -4.42. The van der Waals surface area contributed by atoms with Crippen molar-refractivity contribution in [3.8, 4) is 11.4 Å². The molecule has 4 N–H and O–H groups in total. The number of nitrogen functional groups attached to an aromatic ring is 1. The predicted molar refractivity (Wildman–Crippen MR) is 79.3 cm³/mol. The molecule has 0 spiro atoms. The van der Waals surface area contributed by atoms with E-state index in [0.717, 1.165) is 16.8 Å². The monoisotopic (exact) mass is 338 g/mol. The summed E-state index contributed by atoms with van der Waals surface area (Å²) in [6, 6.07) is 11.2. The molecule has 3 aromatic rings. The van der Waals surface area contributed by atoms with Crippen molar-refractivity contribution in [1.82, 2.24) is 9.90 Å². The van der Waals surface area contributed by atoms with Crippen LogP contribution in [0.15, 0.2) is 59.5 Å². The lowest BCUT2D eigenvalue weighted by molar-refractivity contribution is -0.660. The van der Waals surface area contributed by atoms with Crippen molar-refractivity contribution in [2.24, 2.45) is 0 Å². The third kappa shape index (κ3) is 3.15. The van der Waals surface area contributed by atoms with Crippen LogP contribution in [0.5, 0.6) is 0 Å². The van der Waals surface area contributed by atoms with Gasteiger partial charge in [-0.1, -0.05) is 22.0 Å². The Kier molecular flexibility index (Phi) is 4.47. The standard InChI is InChI=1S/C15H11F3N4O.H2O/c16-15(17,18)10-5-7-11(8-6-10)22-14(23)9-21(20-22)13-4-2-1-3-12(13)19;/h1-9H,(H2-,19,20,23);1H2. The number of nitrogens with two attached hydrogens (primary N) is 1. The van der Waals surface area contributed by atoms with E-state index in [1.807, 2.05) is 0 Å². The molecule has 0 atom stereocenters. The molecule has 2 aromatic carbocycles. The highest BCUT2D eigenvalue weighted by Crippen LogP contribution is 2.29. The highest BCUT2D eigenvalue weighted by atomic mass is 19.4. The van der Waals surface area contributed by atoms with Gasteiger partial charge >= 0.3 is 11.7 Å². The van der Waals surface area contributed by atoms with Crippen LogP contribution >= 0.6 is 0 Å². The Bertz CT molecular complexity index is 898. The Morgan fingerprint density at radius 1 is 1.04 bits per heavy atom. The fourth-order valence-corrected chi connectivity index (χ4v) is 2.17. The summed E-state index contributed by atoms with van der Waals surface area (Å²) in [5.41, 5.74) is 5.95. The largest absolute Gasteiger partial charge is 0.870 e. The average Bonchev–Trinajstić information content (AvgIpc) is 2.89. The van der Waals surface area contributed by atoms with E-state index in [1.165, 1.54) is 23.0 Å². The molecule has 0 bridgehead atoms. The first kappa shape index (κ1) is 17.3. The van der Waals surface area contributed by atoms with E-state index in [0.29, 0.717) is 11.4 Å². The second kappa shape index (κ2) is 6.20. The van der Waals surface area contributed by atoms with Crippen LogP contribution in [-0.4, -0.2) is 15.4 Å². The molecule has 126 valence electrons. The van der Waals surface area contributed by atoms with Crippen molar-refractivity contribution in [3.63, 3.8) is 0 Å². The molecule has 1 aromatic heterocycles. The van der Waals surface area contributed by atoms with Crippen molar-refractivity contribution < 1.29 is 23.3 Å². The predicted octanol–water partition coefficient (Wildman–Crippen LogP) is 1.87. The molecule has 0 unspecified atom stereocenters. The van der Waals surface area contributed by atoms with E-state index in [9.17, 15) is 18.0 Å². The average molecular weight is 338 g/mol. The van der Waals surface area contributed by atoms with Crippen molar-refractivity contribution in [2.75, 3.05) is 5.73 Å². The van der Waals surface area contributed by atoms with Gasteiger partial charge in [0.05, 0.1) is 11.3 Å². The molecule has 0 amide bonds. The van der Waals surface area contributed by atoms with Gasteiger partial charge in [0.15, 0.2) is 11.4 Å². The molecule has 0 aliphatic heterocycles. The van der Waals surface area contributed by atoms with E-state index >= 15 is 0 Å². The lowest BCUT2D eigenvalue weighted by Crippen LogP contribution is -2.34. The second-order valence-corrected chi connectivity index (χ2v) is 4.88. The van der Waals surface area contributed by atoms with Crippen molar-refractivity contribution in [2.45, 2.75) is 6.18 Å². The summed E-state index contributed by atoms with van der Waals surface area (Å²) in [6.07, 6.45) is -3.15. The van der Waals surface area contributed by atoms with E-state index < -0.39 is 17.3 Å². The number of hydrogen-bond donors (Lipinski definition) is 2. The zero-order valence-electron chi connectivity index (χ0n) is 12.2. The van der Waals surface area contributed by atoms with Crippen LogP contribution in [0.1, 0.15) is 5.56 Å². The highest BCUT2D eigenvalue weighted by Gasteiger charge is 2.30. The number of anilines is 1. The Morgan fingerprint density at radius 2 is 1.67 bits per heavy atom. The van der Waals surface area contributed by atoms with Gasteiger partial charge in [-0.25, -0.2) is 4.79 Å². The van der Waals surface area contributed by atoms with Gasteiger partial charge in [-0.2, -0.15) is 13.2 Å². The summed E-state index contributed by atoms with van der Waals surface area (Å²) in [6.45, 7) is 0. The van der Waals surface area contributed by atoms with E-state index in [2.05, 4.69) is 5.21 Å². The van der Waals surface area contributed by atoms with Gasteiger partial charge in [0.2, 0.25) is 6.20 Å². The maximum Gasteiger partial charge on any atom is 0.416 e. The van der Waals surface area contributed by atoms with Crippen LogP contribution in [-0.2, 0) is 6.18 Å². The molecule has 0 aliphatic carbocycles. The number of aromatic amines is 1. The number of alkyl halides is 3. The lowest BCUT2D eigenvalue weighted by Gasteiger charge is -2.05. The fourth-order valence-electron chi connectivity index (χ4n) is 2.17. The van der Waals surface area contributed by atoms with Gasteiger partial charge in [0.25, 0.3) is 0 Å². The van der Waals surface area contributed by atoms with Gasteiger partial charge in [0.1, 0.15) is 0 Å². The Balaban J connectivity index is 0.00000208. The smallest absolute Gasteiger partial charge is 0.416 e. The van der Waals surface area contributed by atoms with Crippen LogP contribution in [0.3, 0.4) is 0 Å². The molecule has 0 fully saturated rings. The number of para-hydroxylation sites is 2. The summed E-state index contributed by atoms with van der Waals surface area (Å²) in [5.74, 6) is 0. The number of H-pyrrole nitrogens is 1. The molecule has 1 heterocycles. The number of nitrogens with one attached hydrogen (secondary N) is 1. The molecule has 0 radical (unpaired) electrons. The molecule has 0 saturated heterocycles. The van der Waals surface area contributed by atoms with Crippen LogP contribution in [0, 0.1) is 0 Å². The number of aromatic nitrogens is 3. The first-order valence-corrected chi connectivity index (χ1v) is 6.62. The summed E-state index contributed by atoms with van der Waals surface area (Å²) in [5, 5.41) is 2.77. The summed E-state index contributed by atoms with van der Waals surface area (Å²) < 4.78 is 40.3. The number of rotatable bonds is 2. The summed E-state index contributed by atoms with van der Waals surface area (Å²) in [4.78, 5) is 12.1. The Labute approximate surface area is 133 Å². The van der Waals surface area contributed by atoms with E-state index in [1.54, 1.807) is 24.3 Å².